The largest absolute Gasteiger partial charge is 0.494 e. The Morgan fingerprint density at radius 3 is 2.50 bits per heavy atom. The van der Waals surface area contributed by atoms with Crippen LogP contribution >= 0.6 is 0 Å². The molecule has 0 bridgehead atoms. The van der Waals surface area contributed by atoms with Crippen molar-refractivity contribution in [2.45, 2.75) is 59.4 Å². The molecule has 1 aliphatic heterocycles. The van der Waals surface area contributed by atoms with Crippen molar-refractivity contribution >= 4 is 5.96 Å². The Morgan fingerprint density at radius 1 is 1.03 bits per heavy atom. The zero-order valence-electron chi connectivity index (χ0n) is 19.7. The molecule has 0 aromatic heterocycles. The highest BCUT2D eigenvalue weighted by molar-refractivity contribution is 5.79. The molecule has 0 atom stereocenters. The van der Waals surface area contributed by atoms with Gasteiger partial charge >= 0.3 is 0 Å². The first-order valence-electron chi connectivity index (χ1n) is 11.7. The average Bonchev–Trinajstić information content (AvgIpc) is 2.82. The van der Waals surface area contributed by atoms with Crippen molar-refractivity contribution in [2.75, 3.05) is 26.4 Å². The molecule has 0 spiro atoms. The number of benzene rings is 2. The smallest absolute Gasteiger partial charge is 0.191 e. The van der Waals surface area contributed by atoms with Gasteiger partial charge in [0.25, 0.3) is 0 Å². The maximum atomic E-state index is 6.01. The number of aliphatic imine (C=N–C) groups is 1. The molecule has 0 aliphatic carbocycles. The second-order valence-corrected chi connectivity index (χ2v) is 8.03. The monoisotopic (exact) mass is 439 g/mol. The van der Waals surface area contributed by atoms with Crippen LogP contribution in [-0.4, -0.2) is 38.4 Å². The van der Waals surface area contributed by atoms with Crippen molar-refractivity contribution in [3.8, 4) is 5.75 Å². The summed E-state index contributed by atoms with van der Waals surface area (Å²) in [4.78, 5) is 4.75. The third-order valence-electron chi connectivity index (χ3n) is 5.41. The number of nitrogens with zero attached hydrogens (tertiary/aromatic N) is 1. The SMILES string of the molecule is CCNC(=NCc1ccc(COC2CCOCC2)cc1)NCc1ccc(C)cc1OCC. The molecule has 2 N–H and O–H groups in total. The van der Waals surface area contributed by atoms with E-state index in [0.29, 0.717) is 32.4 Å². The minimum atomic E-state index is 0.318. The predicted octanol–water partition coefficient (Wildman–Crippen LogP) is 4.34. The first-order valence-corrected chi connectivity index (χ1v) is 11.7. The molecule has 3 rings (SSSR count). The van der Waals surface area contributed by atoms with Crippen LogP contribution in [0.2, 0.25) is 0 Å². The Morgan fingerprint density at radius 2 is 1.78 bits per heavy atom. The quantitative estimate of drug-likeness (QED) is 0.426. The van der Waals surface area contributed by atoms with E-state index in [-0.39, 0.29) is 0 Å². The molecule has 6 nitrogen and oxygen atoms in total. The zero-order valence-corrected chi connectivity index (χ0v) is 19.7. The third kappa shape index (κ3) is 7.84. The molecule has 0 radical (unpaired) electrons. The van der Waals surface area contributed by atoms with Crippen LogP contribution in [0, 0.1) is 6.92 Å². The average molecular weight is 440 g/mol. The lowest BCUT2D eigenvalue weighted by Gasteiger charge is -2.22. The summed E-state index contributed by atoms with van der Waals surface area (Å²) in [7, 11) is 0. The Labute approximate surface area is 192 Å². The molecular weight excluding hydrogens is 402 g/mol. The summed E-state index contributed by atoms with van der Waals surface area (Å²) in [6.07, 6.45) is 2.29. The number of ether oxygens (including phenoxy) is 3. The summed E-state index contributed by atoms with van der Waals surface area (Å²) >= 11 is 0. The fourth-order valence-electron chi connectivity index (χ4n) is 3.59. The molecule has 1 fully saturated rings. The van der Waals surface area contributed by atoms with Crippen molar-refractivity contribution in [3.63, 3.8) is 0 Å². The van der Waals surface area contributed by atoms with Crippen LogP contribution in [-0.2, 0) is 29.2 Å². The lowest BCUT2D eigenvalue weighted by atomic mass is 10.1. The standard InChI is InChI=1S/C26H37N3O3/c1-4-27-26(29-18-23-11-6-20(3)16-25(23)31-5-2)28-17-21-7-9-22(10-8-21)19-32-24-12-14-30-15-13-24/h6-11,16,24H,4-5,12-15,17-19H2,1-3H3,(H2,27,28,29). The van der Waals surface area contributed by atoms with E-state index in [1.165, 1.54) is 16.7 Å². The van der Waals surface area contributed by atoms with Crippen molar-refractivity contribution < 1.29 is 14.2 Å². The summed E-state index contributed by atoms with van der Waals surface area (Å²) in [5.74, 6) is 1.72. The van der Waals surface area contributed by atoms with Crippen LogP contribution in [0.3, 0.4) is 0 Å². The van der Waals surface area contributed by atoms with Gasteiger partial charge in [0.2, 0.25) is 0 Å². The van der Waals surface area contributed by atoms with E-state index in [2.05, 4.69) is 66.9 Å². The lowest BCUT2D eigenvalue weighted by Crippen LogP contribution is -2.36. The van der Waals surface area contributed by atoms with Crippen LogP contribution in [0.4, 0.5) is 0 Å². The molecule has 0 amide bonds. The minimum absolute atomic E-state index is 0.318. The number of nitrogens with one attached hydrogen (secondary N) is 2. The normalized spacial score (nSPS) is 14.9. The summed E-state index contributed by atoms with van der Waals surface area (Å²) in [5, 5.41) is 6.74. The van der Waals surface area contributed by atoms with E-state index in [1.807, 2.05) is 6.92 Å². The van der Waals surface area contributed by atoms with Gasteiger partial charge in [0, 0.05) is 31.9 Å². The molecule has 6 heteroatoms. The Bertz CT molecular complexity index is 846. The van der Waals surface area contributed by atoms with Crippen LogP contribution in [0.1, 0.15) is 48.9 Å². The molecule has 1 heterocycles. The van der Waals surface area contributed by atoms with Gasteiger partial charge in [-0.3, -0.25) is 0 Å². The van der Waals surface area contributed by atoms with Gasteiger partial charge in [-0.1, -0.05) is 36.4 Å². The van der Waals surface area contributed by atoms with Crippen LogP contribution in [0.25, 0.3) is 0 Å². The van der Waals surface area contributed by atoms with E-state index >= 15 is 0 Å². The van der Waals surface area contributed by atoms with Gasteiger partial charge in [0.05, 0.1) is 25.9 Å². The fourth-order valence-corrected chi connectivity index (χ4v) is 3.59. The van der Waals surface area contributed by atoms with E-state index < -0.39 is 0 Å². The van der Waals surface area contributed by atoms with E-state index in [1.54, 1.807) is 0 Å². The highest BCUT2D eigenvalue weighted by Gasteiger charge is 2.14. The molecule has 32 heavy (non-hydrogen) atoms. The van der Waals surface area contributed by atoms with Crippen molar-refractivity contribution in [3.05, 3.63) is 64.7 Å². The molecule has 1 aliphatic rings. The Hall–Kier alpha value is -2.57. The maximum absolute atomic E-state index is 6.01. The van der Waals surface area contributed by atoms with Crippen LogP contribution < -0.4 is 15.4 Å². The van der Waals surface area contributed by atoms with Crippen LogP contribution in [0.15, 0.2) is 47.5 Å². The summed E-state index contributed by atoms with van der Waals surface area (Å²) < 4.78 is 17.2. The van der Waals surface area contributed by atoms with Crippen molar-refractivity contribution in [2.24, 2.45) is 4.99 Å². The molecule has 174 valence electrons. The van der Waals surface area contributed by atoms with E-state index in [9.17, 15) is 0 Å². The molecule has 1 saturated heterocycles. The highest BCUT2D eigenvalue weighted by atomic mass is 16.5. The first-order chi connectivity index (χ1) is 15.7. The van der Waals surface area contributed by atoms with Gasteiger partial charge in [0.15, 0.2) is 5.96 Å². The zero-order chi connectivity index (χ0) is 22.6. The summed E-state index contributed by atoms with van der Waals surface area (Å²) in [6.45, 7) is 11.1. The lowest BCUT2D eigenvalue weighted by molar-refractivity contribution is -0.0390. The van der Waals surface area contributed by atoms with Crippen molar-refractivity contribution in [1.82, 2.24) is 10.6 Å². The van der Waals surface area contributed by atoms with Gasteiger partial charge in [-0.15, -0.1) is 0 Å². The minimum Gasteiger partial charge on any atom is -0.494 e. The third-order valence-corrected chi connectivity index (χ3v) is 5.41. The van der Waals surface area contributed by atoms with Gasteiger partial charge < -0.3 is 24.8 Å². The summed E-state index contributed by atoms with van der Waals surface area (Å²) in [5.41, 5.74) is 4.68. The van der Waals surface area contributed by atoms with Gasteiger partial charge in [-0.25, -0.2) is 4.99 Å². The summed E-state index contributed by atoms with van der Waals surface area (Å²) in [6, 6.07) is 14.8. The van der Waals surface area contributed by atoms with E-state index in [4.69, 9.17) is 19.2 Å². The van der Waals surface area contributed by atoms with Gasteiger partial charge in [0.1, 0.15) is 5.75 Å². The number of aryl methyl sites for hydroxylation is 1. The first kappa shape index (κ1) is 24.1. The molecule has 0 saturated carbocycles. The molecular formula is C26H37N3O3. The number of guanidine groups is 1. The van der Waals surface area contributed by atoms with Crippen molar-refractivity contribution in [1.29, 1.82) is 0 Å². The van der Waals surface area contributed by atoms with E-state index in [0.717, 1.165) is 49.9 Å². The Balaban J connectivity index is 1.53. The second kappa shape index (κ2) is 13.1. The van der Waals surface area contributed by atoms with Gasteiger partial charge in [-0.05, 0) is 56.4 Å². The predicted molar refractivity (Wildman–Crippen MR) is 129 cm³/mol. The number of rotatable bonds is 10. The Kier molecular flexibility index (Phi) is 9.85. The van der Waals surface area contributed by atoms with Crippen LogP contribution in [0.5, 0.6) is 5.75 Å². The maximum Gasteiger partial charge on any atom is 0.191 e. The molecule has 2 aromatic rings. The molecule has 0 unspecified atom stereocenters. The fraction of sp³-hybridized carbons (Fsp3) is 0.500. The highest BCUT2D eigenvalue weighted by Crippen LogP contribution is 2.20. The molecule has 2 aromatic carbocycles. The van der Waals surface area contributed by atoms with Gasteiger partial charge in [-0.2, -0.15) is 0 Å². The second-order valence-electron chi connectivity index (χ2n) is 8.03. The number of hydrogen-bond acceptors (Lipinski definition) is 4. The number of hydrogen-bond donors (Lipinski definition) is 2. The topological polar surface area (TPSA) is 64.1 Å².